The first kappa shape index (κ1) is 10.4. The Morgan fingerprint density at radius 1 is 1.36 bits per heavy atom. The van der Waals surface area contributed by atoms with Crippen LogP contribution in [0.5, 0.6) is 0 Å². The van der Waals surface area contributed by atoms with Crippen LogP contribution in [0.2, 0.25) is 0 Å². The molecule has 0 aromatic heterocycles. The Bertz CT molecular complexity index is 201. The lowest BCUT2D eigenvalue weighted by Gasteiger charge is -2.35. The molecule has 1 atom stereocenters. The highest BCUT2D eigenvalue weighted by atomic mass is 15.3. The summed E-state index contributed by atoms with van der Waals surface area (Å²) in [6, 6.07) is 0.675. The summed E-state index contributed by atoms with van der Waals surface area (Å²) in [7, 11) is 2.22. The number of nitrogens with two attached hydrogens (primary N) is 1. The molecule has 0 spiro atoms. The molecule has 0 bridgehead atoms. The lowest BCUT2D eigenvalue weighted by atomic mass is 10.1. The molecule has 82 valence electrons. The maximum absolute atomic E-state index is 5.89. The largest absolute Gasteiger partial charge is 0.329 e. The number of hydrogen-bond donors (Lipinski definition) is 1. The summed E-state index contributed by atoms with van der Waals surface area (Å²) in [6.07, 6.45) is 3.93. The minimum absolute atomic E-state index is 0.393. The Kier molecular flexibility index (Phi) is 2.82. The van der Waals surface area contributed by atoms with E-state index in [9.17, 15) is 0 Å². The van der Waals surface area contributed by atoms with E-state index >= 15 is 0 Å². The molecule has 2 N–H and O–H groups in total. The van der Waals surface area contributed by atoms with Crippen LogP contribution in [0.15, 0.2) is 0 Å². The molecule has 2 rings (SSSR count). The molecule has 1 unspecified atom stereocenters. The van der Waals surface area contributed by atoms with Gasteiger partial charge in [0.15, 0.2) is 0 Å². The van der Waals surface area contributed by atoms with Crippen LogP contribution in [0.1, 0.15) is 26.2 Å². The third-order valence-corrected chi connectivity index (χ3v) is 3.86. The van der Waals surface area contributed by atoms with E-state index in [0.717, 1.165) is 6.54 Å². The van der Waals surface area contributed by atoms with Crippen molar-refractivity contribution in [2.75, 3.05) is 33.2 Å². The monoisotopic (exact) mass is 197 g/mol. The molecule has 14 heavy (non-hydrogen) atoms. The summed E-state index contributed by atoms with van der Waals surface area (Å²) in [5, 5.41) is 0. The zero-order valence-corrected chi connectivity index (χ0v) is 9.50. The summed E-state index contributed by atoms with van der Waals surface area (Å²) in [5.41, 5.74) is 6.29. The average molecular weight is 197 g/mol. The van der Waals surface area contributed by atoms with Gasteiger partial charge < -0.3 is 10.6 Å². The first-order chi connectivity index (χ1) is 6.68. The number of nitrogens with zero attached hydrogens (tertiary/aromatic N) is 2. The number of rotatable bonds is 2. The second kappa shape index (κ2) is 3.80. The van der Waals surface area contributed by atoms with Gasteiger partial charge in [-0.2, -0.15) is 0 Å². The van der Waals surface area contributed by atoms with E-state index in [1.165, 1.54) is 38.9 Å². The van der Waals surface area contributed by atoms with Crippen molar-refractivity contribution in [3.63, 3.8) is 0 Å². The summed E-state index contributed by atoms with van der Waals surface area (Å²) in [5.74, 6) is 0. The lowest BCUT2D eigenvalue weighted by molar-refractivity contribution is 0.130. The van der Waals surface area contributed by atoms with Gasteiger partial charge in [0.1, 0.15) is 0 Å². The van der Waals surface area contributed by atoms with Crippen molar-refractivity contribution >= 4 is 0 Å². The summed E-state index contributed by atoms with van der Waals surface area (Å²) < 4.78 is 0. The molecular formula is C11H23N3. The van der Waals surface area contributed by atoms with Crippen molar-refractivity contribution in [1.82, 2.24) is 9.80 Å². The Labute approximate surface area is 87.2 Å². The van der Waals surface area contributed by atoms with Crippen LogP contribution in [0.4, 0.5) is 0 Å². The zero-order chi connectivity index (χ0) is 10.2. The van der Waals surface area contributed by atoms with E-state index in [1.54, 1.807) is 0 Å². The van der Waals surface area contributed by atoms with Gasteiger partial charge in [0.25, 0.3) is 0 Å². The first-order valence-electron chi connectivity index (χ1n) is 5.83. The second-order valence-electron chi connectivity index (χ2n) is 5.09. The molecule has 0 aromatic rings. The molecular weight excluding hydrogens is 174 g/mol. The zero-order valence-electron chi connectivity index (χ0n) is 9.50. The first-order valence-corrected chi connectivity index (χ1v) is 5.83. The van der Waals surface area contributed by atoms with Gasteiger partial charge in [-0.15, -0.1) is 0 Å². The fraction of sp³-hybridized carbons (Fsp3) is 1.00. The van der Waals surface area contributed by atoms with E-state index in [-0.39, 0.29) is 0 Å². The van der Waals surface area contributed by atoms with E-state index < -0.39 is 0 Å². The van der Waals surface area contributed by atoms with Crippen LogP contribution in [0.3, 0.4) is 0 Å². The quantitative estimate of drug-likeness (QED) is 0.700. The van der Waals surface area contributed by atoms with Crippen molar-refractivity contribution in [2.45, 2.75) is 37.8 Å². The standard InChI is InChI=1S/C11H23N3/c1-10-8-13(2)6-3-7-14(10)11(9-12)4-5-11/h10H,3-9,12H2,1-2H3. The molecule has 1 saturated carbocycles. The number of hydrogen-bond acceptors (Lipinski definition) is 3. The summed E-state index contributed by atoms with van der Waals surface area (Å²) in [6.45, 7) is 6.87. The van der Waals surface area contributed by atoms with Gasteiger partial charge in [-0.1, -0.05) is 0 Å². The number of likely N-dealkylation sites (N-methyl/N-ethyl adjacent to an activating group) is 1. The van der Waals surface area contributed by atoms with Gasteiger partial charge in [-0.05, 0) is 39.8 Å². The third kappa shape index (κ3) is 1.81. The maximum atomic E-state index is 5.89. The van der Waals surface area contributed by atoms with Crippen molar-refractivity contribution in [1.29, 1.82) is 0 Å². The van der Waals surface area contributed by atoms with Gasteiger partial charge in [0, 0.05) is 31.2 Å². The van der Waals surface area contributed by atoms with Crippen molar-refractivity contribution in [3.05, 3.63) is 0 Å². The van der Waals surface area contributed by atoms with Gasteiger partial charge in [0.05, 0.1) is 0 Å². The molecule has 0 aromatic carbocycles. The fourth-order valence-corrected chi connectivity index (χ4v) is 2.83. The van der Waals surface area contributed by atoms with Crippen molar-refractivity contribution < 1.29 is 0 Å². The van der Waals surface area contributed by atoms with Crippen molar-refractivity contribution in [2.24, 2.45) is 5.73 Å². The molecule has 0 amide bonds. The topological polar surface area (TPSA) is 32.5 Å². The predicted molar refractivity (Wildman–Crippen MR) is 59.3 cm³/mol. The normalized spacial score (nSPS) is 34.1. The van der Waals surface area contributed by atoms with Crippen molar-refractivity contribution in [3.8, 4) is 0 Å². The second-order valence-corrected chi connectivity index (χ2v) is 5.09. The van der Waals surface area contributed by atoms with E-state index in [4.69, 9.17) is 5.73 Å². The molecule has 0 radical (unpaired) electrons. The Hall–Kier alpha value is -0.120. The van der Waals surface area contributed by atoms with Crippen LogP contribution in [-0.4, -0.2) is 54.6 Å². The van der Waals surface area contributed by atoms with Crippen LogP contribution < -0.4 is 5.73 Å². The predicted octanol–water partition coefficient (Wildman–Crippen LogP) is 0.504. The van der Waals surface area contributed by atoms with E-state index in [1.807, 2.05) is 0 Å². The highest BCUT2D eigenvalue weighted by molar-refractivity contribution is 5.06. The minimum atomic E-state index is 0.393. The van der Waals surface area contributed by atoms with Gasteiger partial charge in [-0.25, -0.2) is 0 Å². The fourth-order valence-electron chi connectivity index (χ4n) is 2.83. The molecule has 1 heterocycles. The molecule has 3 nitrogen and oxygen atoms in total. The Morgan fingerprint density at radius 3 is 2.64 bits per heavy atom. The molecule has 1 saturated heterocycles. The van der Waals surface area contributed by atoms with E-state index in [0.29, 0.717) is 11.6 Å². The van der Waals surface area contributed by atoms with Crippen LogP contribution in [0, 0.1) is 0 Å². The molecule has 2 aliphatic rings. The van der Waals surface area contributed by atoms with Gasteiger partial charge in [-0.3, -0.25) is 4.90 Å². The lowest BCUT2D eigenvalue weighted by Crippen LogP contribution is -2.49. The summed E-state index contributed by atoms with van der Waals surface area (Å²) >= 11 is 0. The van der Waals surface area contributed by atoms with Crippen LogP contribution >= 0.6 is 0 Å². The summed E-state index contributed by atoms with van der Waals surface area (Å²) in [4.78, 5) is 5.10. The SMILES string of the molecule is CC1CN(C)CCCN1C1(CN)CC1. The smallest absolute Gasteiger partial charge is 0.0336 e. The average Bonchev–Trinajstić information content (AvgIpc) is 2.92. The van der Waals surface area contributed by atoms with E-state index in [2.05, 4.69) is 23.8 Å². The minimum Gasteiger partial charge on any atom is -0.329 e. The van der Waals surface area contributed by atoms with Gasteiger partial charge >= 0.3 is 0 Å². The molecule has 1 aliphatic carbocycles. The highest BCUT2D eigenvalue weighted by Gasteiger charge is 2.48. The van der Waals surface area contributed by atoms with Crippen LogP contribution in [0.25, 0.3) is 0 Å². The molecule has 2 fully saturated rings. The Balaban J connectivity index is 2.03. The Morgan fingerprint density at radius 2 is 2.07 bits per heavy atom. The molecule has 1 aliphatic heterocycles. The van der Waals surface area contributed by atoms with Crippen LogP contribution in [-0.2, 0) is 0 Å². The van der Waals surface area contributed by atoms with Gasteiger partial charge in [0.2, 0.25) is 0 Å². The molecule has 3 heteroatoms. The maximum Gasteiger partial charge on any atom is 0.0336 e. The third-order valence-electron chi connectivity index (χ3n) is 3.86. The highest BCUT2D eigenvalue weighted by Crippen LogP contribution is 2.42.